The minimum absolute atomic E-state index is 0. The summed E-state index contributed by atoms with van der Waals surface area (Å²) < 4.78 is 4.73. The molecule has 1 aromatic carbocycles. The van der Waals surface area contributed by atoms with Gasteiger partial charge in [-0.15, -0.1) is 12.4 Å². The van der Waals surface area contributed by atoms with Gasteiger partial charge in [-0.05, 0) is 37.6 Å². The topological polar surface area (TPSA) is 78.3 Å². The first-order valence-electron chi connectivity index (χ1n) is 5.19. The van der Waals surface area contributed by atoms with E-state index in [2.05, 4.69) is 0 Å². The minimum Gasteiger partial charge on any atom is -0.469 e. The molecule has 4 nitrogen and oxygen atoms in total. The van der Waals surface area contributed by atoms with Crippen LogP contribution in [-0.2, 0) is 9.53 Å². The van der Waals surface area contributed by atoms with Gasteiger partial charge in [0.1, 0.15) is 0 Å². The van der Waals surface area contributed by atoms with Crippen LogP contribution in [0.15, 0.2) is 18.2 Å². The number of benzene rings is 1. The van der Waals surface area contributed by atoms with Crippen molar-refractivity contribution in [1.29, 1.82) is 0 Å². The average molecular weight is 293 g/mol. The quantitative estimate of drug-likeness (QED) is 0.663. The maximum absolute atomic E-state index is 11.7. The largest absolute Gasteiger partial charge is 0.469 e. The van der Waals surface area contributed by atoms with Crippen molar-refractivity contribution >= 4 is 35.7 Å². The van der Waals surface area contributed by atoms with Gasteiger partial charge < -0.3 is 16.2 Å². The molecule has 0 aromatic heterocycles. The second-order valence-corrected chi connectivity index (χ2v) is 4.90. The SMILES string of the molecule is COC(=O)C(C)(C)[C@@H](N)c1cc(Cl)ccc1N.Cl. The number of nitrogens with two attached hydrogens (primary N) is 2. The summed E-state index contributed by atoms with van der Waals surface area (Å²) in [6.07, 6.45) is 0. The maximum atomic E-state index is 11.7. The van der Waals surface area contributed by atoms with Gasteiger partial charge in [-0.2, -0.15) is 0 Å². The van der Waals surface area contributed by atoms with E-state index in [-0.39, 0.29) is 18.4 Å². The molecule has 0 radical (unpaired) electrons. The first-order chi connectivity index (χ1) is 7.80. The van der Waals surface area contributed by atoms with E-state index in [1.54, 1.807) is 32.0 Å². The summed E-state index contributed by atoms with van der Waals surface area (Å²) in [7, 11) is 1.33. The van der Waals surface area contributed by atoms with Crippen LogP contribution in [0.5, 0.6) is 0 Å². The molecule has 0 heterocycles. The number of rotatable bonds is 3. The van der Waals surface area contributed by atoms with Crippen LogP contribution in [0, 0.1) is 5.41 Å². The number of hydrogen-bond donors (Lipinski definition) is 2. The highest BCUT2D eigenvalue weighted by Gasteiger charge is 2.37. The first-order valence-corrected chi connectivity index (χ1v) is 5.57. The number of carbonyl (C=O) groups is 1. The Morgan fingerprint density at radius 2 is 2.00 bits per heavy atom. The van der Waals surface area contributed by atoms with Crippen LogP contribution in [-0.4, -0.2) is 13.1 Å². The van der Waals surface area contributed by atoms with Crippen LogP contribution < -0.4 is 11.5 Å². The molecular weight excluding hydrogens is 275 g/mol. The van der Waals surface area contributed by atoms with Crippen LogP contribution >= 0.6 is 24.0 Å². The second kappa shape index (κ2) is 6.27. The molecule has 0 spiro atoms. The lowest BCUT2D eigenvalue weighted by atomic mass is 9.80. The lowest BCUT2D eigenvalue weighted by molar-refractivity contribution is -0.152. The Kier molecular flexibility index (Phi) is 5.93. The summed E-state index contributed by atoms with van der Waals surface area (Å²) in [4.78, 5) is 11.7. The molecule has 1 rings (SSSR count). The summed E-state index contributed by atoms with van der Waals surface area (Å²) in [5, 5.41) is 0.533. The molecule has 4 N–H and O–H groups in total. The summed E-state index contributed by atoms with van der Waals surface area (Å²) in [6.45, 7) is 3.42. The van der Waals surface area contributed by atoms with Gasteiger partial charge in [0.05, 0.1) is 12.5 Å². The molecule has 0 fully saturated rings. The van der Waals surface area contributed by atoms with E-state index in [0.29, 0.717) is 16.3 Å². The third-order valence-corrected chi connectivity index (χ3v) is 3.11. The number of ether oxygens (including phenoxy) is 1. The van der Waals surface area contributed by atoms with Gasteiger partial charge in [0.2, 0.25) is 0 Å². The third-order valence-electron chi connectivity index (χ3n) is 2.87. The summed E-state index contributed by atoms with van der Waals surface area (Å²) in [5.41, 5.74) is 12.2. The molecule has 0 amide bonds. The molecule has 0 unspecified atom stereocenters. The van der Waals surface area contributed by atoms with Crippen molar-refractivity contribution < 1.29 is 9.53 Å². The van der Waals surface area contributed by atoms with Gasteiger partial charge in [0.15, 0.2) is 0 Å². The fourth-order valence-corrected chi connectivity index (χ4v) is 1.77. The molecule has 102 valence electrons. The van der Waals surface area contributed by atoms with Gasteiger partial charge >= 0.3 is 5.97 Å². The predicted molar refractivity (Wildman–Crippen MR) is 75.8 cm³/mol. The molecule has 18 heavy (non-hydrogen) atoms. The Morgan fingerprint density at radius 1 is 1.44 bits per heavy atom. The van der Waals surface area contributed by atoms with Gasteiger partial charge in [-0.3, -0.25) is 4.79 Å². The number of hydrogen-bond acceptors (Lipinski definition) is 4. The number of carbonyl (C=O) groups excluding carboxylic acids is 1. The number of methoxy groups -OCH3 is 1. The Balaban J connectivity index is 0.00000289. The fourth-order valence-electron chi connectivity index (χ4n) is 1.59. The van der Waals surface area contributed by atoms with E-state index >= 15 is 0 Å². The summed E-state index contributed by atoms with van der Waals surface area (Å²) >= 11 is 5.90. The monoisotopic (exact) mass is 292 g/mol. The average Bonchev–Trinajstić information content (AvgIpc) is 2.30. The van der Waals surface area contributed by atoms with E-state index in [1.165, 1.54) is 7.11 Å². The maximum Gasteiger partial charge on any atom is 0.313 e. The Morgan fingerprint density at radius 3 is 2.50 bits per heavy atom. The Hall–Kier alpha value is -0.970. The third kappa shape index (κ3) is 3.28. The van der Waals surface area contributed by atoms with Crippen LogP contribution in [0.2, 0.25) is 5.02 Å². The molecule has 6 heteroatoms. The van der Waals surface area contributed by atoms with Gasteiger partial charge in [-0.25, -0.2) is 0 Å². The molecule has 0 aliphatic rings. The highest BCUT2D eigenvalue weighted by molar-refractivity contribution is 6.30. The first kappa shape index (κ1) is 17.0. The Bertz CT molecular complexity index is 436. The number of esters is 1. The van der Waals surface area contributed by atoms with E-state index in [0.717, 1.165) is 0 Å². The van der Waals surface area contributed by atoms with Crippen molar-refractivity contribution in [2.75, 3.05) is 12.8 Å². The zero-order valence-corrected chi connectivity index (χ0v) is 12.1. The zero-order valence-electron chi connectivity index (χ0n) is 10.6. The van der Waals surface area contributed by atoms with Gasteiger partial charge in [0.25, 0.3) is 0 Å². The van der Waals surface area contributed by atoms with E-state index < -0.39 is 11.5 Å². The van der Waals surface area contributed by atoms with E-state index in [9.17, 15) is 4.79 Å². The Labute approximate surface area is 118 Å². The molecule has 0 aliphatic heterocycles. The number of nitrogen functional groups attached to an aromatic ring is 1. The molecule has 1 aromatic rings. The van der Waals surface area contributed by atoms with Gasteiger partial charge in [-0.1, -0.05) is 11.6 Å². The highest BCUT2D eigenvalue weighted by atomic mass is 35.5. The predicted octanol–water partition coefficient (Wildman–Crippen LogP) is 2.54. The summed E-state index contributed by atoms with van der Waals surface area (Å²) in [6, 6.07) is 4.45. The van der Waals surface area contributed by atoms with E-state index in [1.807, 2.05) is 0 Å². The van der Waals surface area contributed by atoms with Crippen molar-refractivity contribution in [2.45, 2.75) is 19.9 Å². The van der Waals surface area contributed by atoms with Crippen LogP contribution in [0.3, 0.4) is 0 Å². The number of anilines is 1. The fraction of sp³-hybridized carbons (Fsp3) is 0.417. The second-order valence-electron chi connectivity index (χ2n) is 4.46. The lowest BCUT2D eigenvalue weighted by Gasteiger charge is -2.29. The molecule has 0 saturated heterocycles. The highest BCUT2D eigenvalue weighted by Crippen LogP contribution is 2.36. The molecular formula is C12H18Cl2N2O2. The zero-order chi connectivity index (χ0) is 13.2. The van der Waals surface area contributed by atoms with E-state index in [4.69, 9.17) is 27.8 Å². The standard InChI is InChI=1S/C12H17ClN2O2.ClH/c1-12(2,11(16)17-3)10(15)8-6-7(13)4-5-9(8)14;/h4-6,10H,14-15H2,1-3H3;1H/t10-;/m0./s1. The van der Waals surface area contributed by atoms with Gasteiger partial charge in [0, 0.05) is 16.8 Å². The minimum atomic E-state index is -0.868. The van der Waals surface area contributed by atoms with Crippen LogP contribution in [0.4, 0.5) is 5.69 Å². The van der Waals surface area contributed by atoms with Crippen LogP contribution in [0.1, 0.15) is 25.5 Å². The lowest BCUT2D eigenvalue weighted by Crippen LogP contribution is -2.37. The summed E-state index contributed by atoms with van der Waals surface area (Å²) in [5.74, 6) is -0.385. The smallest absolute Gasteiger partial charge is 0.313 e. The molecule has 0 aliphatic carbocycles. The van der Waals surface area contributed by atoms with Crippen molar-refractivity contribution in [3.63, 3.8) is 0 Å². The molecule has 0 saturated carbocycles. The number of halogens is 2. The molecule has 0 bridgehead atoms. The molecule has 1 atom stereocenters. The normalized spacial score (nSPS) is 12.5. The van der Waals surface area contributed by atoms with Crippen molar-refractivity contribution in [2.24, 2.45) is 11.1 Å². The van der Waals surface area contributed by atoms with Crippen molar-refractivity contribution in [3.05, 3.63) is 28.8 Å². The van der Waals surface area contributed by atoms with Crippen molar-refractivity contribution in [3.8, 4) is 0 Å². The van der Waals surface area contributed by atoms with Crippen molar-refractivity contribution in [1.82, 2.24) is 0 Å². The van der Waals surface area contributed by atoms with Crippen LogP contribution in [0.25, 0.3) is 0 Å².